The second kappa shape index (κ2) is 7.52. The van der Waals surface area contributed by atoms with E-state index in [0.717, 1.165) is 49.5 Å². The van der Waals surface area contributed by atoms with E-state index in [1.54, 1.807) is 12.3 Å². The van der Waals surface area contributed by atoms with Crippen LogP contribution in [0, 0.1) is 13.8 Å². The molecule has 2 N–H and O–H groups in total. The Morgan fingerprint density at radius 3 is 2.66 bits per heavy atom. The van der Waals surface area contributed by atoms with Crippen LogP contribution in [0.25, 0.3) is 11.6 Å². The number of benzene rings is 2. The number of fused-ring (bicyclic) bond motifs is 1. The van der Waals surface area contributed by atoms with Crippen LogP contribution in [0.2, 0.25) is 0 Å². The Morgan fingerprint density at radius 2 is 1.90 bits per heavy atom. The van der Waals surface area contributed by atoms with Gasteiger partial charge in [-0.2, -0.15) is 0 Å². The van der Waals surface area contributed by atoms with E-state index in [1.165, 1.54) is 0 Å². The molecule has 2 aromatic carbocycles. The fourth-order valence-corrected chi connectivity index (χ4v) is 4.11. The summed E-state index contributed by atoms with van der Waals surface area (Å²) in [4.78, 5) is 29.2. The van der Waals surface area contributed by atoms with Gasteiger partial charge in [-0.3, -0.25) is 19.1 Å². The molecule has 29 heavy (non-hydrogen) atoms. The molecule has 6 nitrogen and oxygen atoms in total. The molecule has 0 unspecified atom stereocenters. The Balaban J connectivity index is 1.59. The number of para-hydroxylation sites is 2. The molecule has 1 aromatic heterocycles. The second-order valence-corrected chi connectivity index (χ2v) is 7.83. The molecule has 1 amide bonds. The monoisotopic (exact) mass is 405 g/mol. The van der Waals surface area contributed by atoms with E-state index in [4.69, 9.17) is 0 Å². The average molecular weight is 405 g/mol. The number of aromatic hydroxyl groups is 1. The van der Waals surface area contributed by atoms with Crippen molar-refractivity contribution in [1.82, 2.24) is 4.57 Å². The van der Waals surface area contributed by atoms with Crippen molar-refractivity contribution in [2.45, 2.75) is 20.4 Å². The Labute approximate surface area is 171 Å². The van der Waals surface area contributed by atoms with Crippen molar-refractivity contribution >= 4 is 46.5 Å². The third-order valence-electron chi connectivity index (χ3n) is 4.79. The Hall–Kier alpha value is -3.45. The second-order valence-electron chi connectivity index (χ2n) is 6.83. The number of anilines is 1. The molecule has 0 spiro atoms. The number of hydrogen-bond donors (Lipinski definition) is 2. The molecule has 3 aromatic rings. The summed E-state index contributed by atoms with van der Waals surface area (Å²) >= 11 is 0.896. The number of hydrogen-bond acceptors (Lipinski definition) is 5. The highest BCUT2D eigenvalue weighted by molar-refractivity contribution is 7.10. The number of nitrogens with one attached hydrogen (secondary N) is 1. The summed E-state index contributed by atoms with van der Waals surface area (Å²) in [5, 5.41) is 13.4. The average Bonchev–Trinajstić information content (AvgIpc) is 3.21. The lowest BCUT2D eigenvalue weighted by Gasteiger charge is -2.11. The summed E-state index contributed by atoms with van der Waals surface area (Å²) in [6.45, 7) is 3.55. The first-order valence-corrected chi connectivity index (χ1v) is 9.89. The van der Waals surface area contributed by atoms with Gasteiger partial charge in [0.05, 0.1) is 10.6 Å². The maximum absolute atomic E-state index is 12.5. The number of aliphatic imine (C=N–C) groups is 1. The number of allylic oxidation sites excluding steroid dienone is 1. The molecular weight excluding hydrogens is 386 g/mol. The summed E-state index contributed by atoms with van der Waals surface area (Å²) in [7, 11) is 0. The van der Waals surface area contributed by atoms with Crippen LogP contribution in [-0.2, 0) is 11.3 Å². The molecule has 0 radical (unpaired) electrons. The molecule has 2 heterocycles. The number of aryl methyl sites for hydroxylation is 2. The van der Waals surface area contributed by atoms with Gasteiger partial charge < -0.3 is 10.4 Å². The summed E-state index contributed by atoms with van der Waals surface area (Å²) < 4.78 is 1.08. The molecule has 0 aliphatic carbocycles. The van der Waals surface area contributed by atoms with Crippen molar-refractivity contribution in [3.63, 3.8) is 0 Å². The van der Waals surface area contributed by atoms with E-state index in [9.17, 15) is 14.7 Å². The third kappa shape index (κ3) is 3.64. The lowest BCUT2D eigenvalue weighted by Crippen LogP contribution is -2.24. The molecule has 146 valence electrons. The minimum atomic E-state index is -0.394. The number of carbonyl (C=O) groups excluding carboxylic acids is 1. The minimum absolute atomic E-state index is 0.220. The number of aromatic nitrogens is 1. The Kier molecular flexibility index (Phi) is 4.90. The predicted molar refractivity (Wildman–Crippen MR) is 117 cm³/mol. The Bertz CT molecular complexity index is 1210. The van der Waals surface area contributed by atoms with E-state index in [-0.39, 0.29) is 18.3 Å². The zero-order valence-electron chi connectivity index (χ0n) is 16.0. The van der Waals surface area contributed by atoms with Gasteiger partial charge in [0, 0.05) is 23.0 Å². The van der Waals surface area contributed by atoms with Crippen molar-refractivity contribution in [3.05, 3.63) is 73.7 Å². The van der Waals surface area contributed by atoms with Crippen LogP contribution in [0.3, 0.4) is 0 Å². The molecule has 0 bridgehead atoms. The van der Waals surface area contributed by atoms with Crippen LogP contribution in [-0.4, -0.2) is 21.8 Å². The van der Waals surface area contributed by atoms with Crippen LogP contribution >= 0.6 is 11.3 Å². The zero-order chi connectivity index (χ0) is 20.5. The Morgan fingerprint density at radius 1 is 1.17 bits per heavy atom. The highest BCUT2D eigenvalue weighted by atomic mass is 32.1. The highest BCUT2D eigenvalue weighted by Gasteiger charge is 2.18. The van der Waals surface area contributed by atoms with Crippen molar-refractivity contribution in [1.29, 1.82) is 0 Å². The molecule has 0 atom stereocenters. The fraction of sp³-hybridized carbons (Fsp3) is 0.136. The van der Waals surface area contributed by atoms with Crippen LogP contribution < -0.4 is 10.2 Å². The summed E-state index contributed by atoms with van der Waals surface area (Å²) in [5.74, 6) is -0.591. The van der Waals surface area contributed by atoms with Crippen LogP contribution in [0.4, 0.5) is 11.4 Å². The zero-order valence-corrected chi connectivity index (χ0v) is 16.8. The van der Waals surface area contributed by atoms with E-state index in [0.29, 0.717) is 4.88 Å². The van der Waals surface area contributed by atoms with E-state index in [1.807, 2.05) is 56.3 Å². The van der Waals surface area contributed by atoms with Crippen molar-refractivity contribution in [3.8, 4) is 5.88 Å². The maximum atomic E-state index is 12.5. The molecule has 7 heteroatoms. The molecule has 0 saturated heterocycles. The molecule has 1 aliphatic rings. The van der Waals surface area contributed by atoms with Crippen molar-refractivity contribution < 1.29 is 9.90 Å². The lowest BCUT2D eigenvalue weighted by atomic mass is 10.1. The summed E-state index contributed by atoms with van der Waals surface area (Å²) in [6.07, 6.45) is 3.42. The van der Waals surface area contributed by atoms with Gasteiger partial charge in [0.1, 0.15) is 6.54 Å². The third-order valence-corrected chi connectivity index (χ3v) is 5.70. The number of rotatable bonds is 4. The normalized spacial score (nSPS) is 13.7. The predicted octanol–water partition coefficient (Wildman–Crippen LogP) is 4.13. The molecule has 0 saturated carbocycles. The molecule has 1 aliphatic heterocycles. The smallest absolute Gasteiger partial charge is 0.311 e. The number of thiazole rings is 1. The van der Waals surface area contributed by atoms with E-state index >= 15 is 0 Å². The van der Waals surface area contributed by atoms with Gasteiger partial charge in [0.15, 0.2) is 0 Å². The topological polar surface area (TPSA) is 83.7 Å². The van der Waals surface area contributed by atoms with Crippen LogP contribution in [0.5, 0.6) is 5.88 Å². The number of nitrogens with zero attached hydrogens (tertiary/aromatic N) is 2. The summed E-state index contributed by atoms with van der Waals surface area (Å²) in [6, 6.07) is 13.4. The van der Waals surface area contributed by atoms with Gasteiger partial charge in [0.2, 0.25) is 11.8 Å². The van der Waals surface area contributed by atoms with Crippen LogP contribution in [0.15, 0.2) is 52.3 Å². The summed E-state index contributed by atoms with van der Waals surface area (Å²) in [5.41, 5.74) is 5.19. The van der Waals surface area contributed by atoms with Gasteiger partial charge in [-0.15, -0.1) is 0 Å². The molecule has 4 rings (SSSR count). The van der Waals surface area contributed by atoms with Gasteiger partial charge in [-0.05, 0) is 37.1 Å². The minimum Gasteiger partial charge on any atom is -0.493 e. The maximum Gasteiger partial charge on any atom is 0.311 e. The molecular formula is C22H19N3O3S. The highest BCUT2D eigenvalue weighted by Crippen LogP contribution is 2.34. The quantitative estimate of drug-likeness (QED) is 0.685. The van der Waals surface area contributed by atoms with Crippen molar-refractivity contribution in [2.24, 2.45) is 4.99 Å². The van der Waals surface area contributed by atoms with Gasteiger partial charge in [0.25, 0.3) is 0 Å². The van der Waals surface area contributed by atoms with E-state index in [2.05, 4.69) is 10.3 Å². The van der Waals surface area contributed by atoms with E-state index < -0.39 is 4.87 Å². The first kappa shape index (κ1) is 18.9. The first-order chi connectivity index (χ1) is 13.9. The SMILES string of the molecule is Cc1cccc(C)c1NC(=O)Cn1c(O)c(C=C2C=Nc3ccccc32)sc1=O. The van der Waals surface area contributed by atoms with Crippen molar-refractivity contribution in [2.75, 3.05) is 5.32 Å². The van der Waals surface area contributed by atoms with Crippen LogP contribution in [0.1, 0.15) is 21.6 Å². The van der Waals surface area contributed by atoms with Gasteiger partial charge >= 0.3 is 4.87 Å². The lowest BCUT2D eigenvalue weighted by molar-refractivity contribution is -0.116. The number of carbonyl (C=O) groups is 1. The standard InChI is InChI=1S/C22H19N3O3S/c1-13-6-5-7-14(2)20(13)24-19(26)12-25-21(27)18(29-22(25)28)10-15-11-23-17-9-4-3-8-16(15)17/h3-11,27H,12H2,1-2H3,(H,24,26). The molecule has 0 fully saturated rings. The first-order valence-electron chi connectivity index (χ1n) is 9.08. The largest absolute Gasteiger partial charge is 0.493 e. The number of amides is 1. The van der Waals surface area contributed by atoms with Gasteiger partial charge in [-0.25, -0.2) is 0 Å². The fourth-order valence-electron chi connectivity index (χ4n) is 3.28. The van der Waals surface area contributed by atoms with Gasteiger partial charge in [-0.1, -0.05) is 47.7 Å².